The van der Waals surface area contributed by atoms with Gasteiger partial charge in [0.15, 0.2) is 11.9 Å². The van der Waals surface area contributed by atoms with Crippen LogP contribution in [0.15, 0.2) is 23.0 Å². The minimum Gasteiger partial charge on any atom is -0.472 e. The van der Waals surface area contributed by atoms with Gasteiger partial charge in [0.05, 0.1) is 18.4 Å². The SMILES string of the molecule is CC(=O)O[C@H]1CC[C@]2(C)CC[C@H]3C(=O)O[C@H](c4ccoc4)C[C@]3(C)[C@@]2(C)C1=O. The summed E-state index contributed by atoms with van der Waals surface area (Å²) in [7, 11) is 0. The van der Waals surface area contributed by atoms with Crippen LogP contribution in [0.3, 0.4) is 0 Å². The number of Topliss-reactive ketones (excluding diaryl/α,β-unsaturated/α-hetero) is 1. The molecule has 0 amide bonds. The Labute approximate surface area is 164 Å². The van der Waals surface area contributed by atoms with Crippen molar-refractivity contribution >= 4 is 17.7 Å². The first-order valence-electron chi connectivity index (χ1n) is 10.1. The van der Waals surface area contributed by atoms with Gasteiger partial charge in [0.1, 0.15) is 6.10 Å². The van der Waals surface area contributed by atoms with Gasteiger partial charge in [0.2, 0.25) is 0 Å². The molecule has 6 heteroatoms. The normalized spacial score (nSPS) is 42.9. The van der Waals surface area contributed by atoms with Crippen LogP contribution in [-0.2, 0) is 23.9 Å². The van der Waals surface area contributed by atoms with E-state index in [1.54, 1.807) is 18.6 Å². The van der Waals surface area contributed by atoms with Gasteiger partial charge in [-0.3, -0.25) is 14.4 Å². The summed E-state index contributed by atoms with van der Waals surface area (Å²) in [6, 6.07) is 1.80. The van der Waals surface area contributed by atoms with Gasteiger partial charge in [-0.25, -0.2) is 0 Å². The molecule has 1 aliphatic heterocycles. The molecule has 1 saturated heterocycles. The topological polar surface area (TPSA) is 82.8 Å². The van der Waals surface area contributed by atoms with Crippen LogP contribution in [0.4, 0.5) is 0 Å². The molecule has 4 rings (SSSR count). The number of ether oxygens (including phenoxy) is 2. The van der Waals surface area contributed by atoms with Crippen LogP contribution in [0.2, 0.25) is 0 Å². The summed E-state index contributed by atoms with van der Waals surface area (Å²) in [6.45, 7) is 7.53. The lowest BCUT2D eigenvalue weighted by atomic mass is 9.38. The maximum Gasteiger partial charge on any atom is 0.310 e. The van der Waals surface area contributed by atoms with E-state index >= 15 is 0 Å². The zero-order chi connectivity index (χ0) is 20.3. The molecule has 1 aromatic heterocycles. The largest absolute Gasteiger partial charge is 0.472 e. The van der Waals surface area contributed by atoms with Gasteiger partial charge in [0.25, 0.3) is 0 Å². The number of carbonyl (C=O) groups is 3. The smallest absolute Gasteiger partial charge is 0.310 e. The van der Waals surface area contributed by atoms with Crippen molar-refractivity contribution in [3.63, 3.8) is 0 Å². The quantitative estimate of drug-likeness (QED) is 0.713. The van der Waals surface area contributed by atoms with E-state index in [4.69, 9.17) is 13.9 Å². The lowest BCUT2D eigenvalue weighted by Gasteiger charge is -2.65. The fourth-order valence-electron chi connectivity index (χ4n) is 6.26. The van der Waals surface area contributed by atoms with Gasteiger partial charge in [-0.1, -0.05) is 20.8 Å². The molecule has 0 bridgehead atoms. The summed E-state index contributed by atoms with van der Waals surface area (Å²) in [5, 5.41) is 0. The molecule has 6 nitrogen and oxygen atoms in total. The molecule has 3 fully saturated rings. The molecule has 2 saturated carbocycles. The molecule has 0 aromatic carbocycles. The fourth-order valence-corrected chi connectivity index (χ4v) is 6.26. The summed E-state index contributed by atoms with van der Waals surface area (Å²) in [5.74, 6) is -1.08. The Bertz CT molecular complexity index is 813. The molecule has 3 aliphatic rings. The number of fused-ring (bicyclic) bond motifs is 3. The van der Waals surface area contributed by atoms with Crippen molar-refractivity contribution in [1.29, 1.82) is 0 Å². The number of furan rings is 1. The number of rotatable bonds is 2. The standard InChI is InChI=1S/C22H28O6/c1-13(23)27-16-6-9-20(2)8-5-15-19(25)28-17(14-7-10-26-12-14)11-21(15,3)22(20,4)18(16)24/h7,10,12,15-17H,5-6,8-9,11H2,1-4H3/t15-,16-,17-,20-,21-,22-/m0/s1. The van der Waals surface area contributed by atoms with Crippen molar-refractivity contribution in [1.82, 2.24) is 0 Å². The van der Waals surface area contributed by atoms with Crippen LogP contribution in [-0.4, -0.2) is 23.8 Å². The summed E-state index contributed by atoms with van der Waals surface area (Å²) >= 11 is 0. The summed E-state index contributed by atoms with van der Waals surface area (Å²) in [6.07, 6.45) is 5.36. The number of hydrogen-bond donors (Lipinski definition) is 0. The Morgan fingerprint density at radius 3 is 2.54 bits per heavy atom. The first-order chi connectivity index (χ1) is 13.1. The van der Waals surface area contributed by atoms with E-state index in [-0.39, 0.29) is 23.1 Å². The molecule has 0 spiro atoms. The third-order valence-electron chi connectivity index (χ3n) is 8.22. The van der Waals surface area contributed by atoms with E-state index in [0.717, 1.165) is 18.4 Å². The predicted molar refractivity (Wildman–Crippen MR) is 99.0 cm³/mol. The maximum absolute atomic E-state index is 13.7. The monoisotopic (exact) mass is 388 g/mol. The highest BCUT2D eigenvalue weighted by molar-refractivity contribution is 5.94. The zero-order valence-electron chi connectivity index (χ0n) is 16.9. The second-order valence-electron chi connectivity index (χ2n) is 9.38. The van der Waals surface area contributed by atoms with Crippen LogP contribution in [0.25, 0.3) is 0 Å². The Kier molecular flexibility index (Phi) is 4.25. The minimum atomic E-state index is -0.789. The molecular formula is C22H28O6. The lowest BCUT2D eigenvalue weighted by Crippen LogP contribution is -2.67. The van der Waals surface area contributed by atoms with E-state index in [9.17, 15) is 14.4 Å². The van der Waals surface area contributed by atoms with Gasteiger partial charge >= 0.3 is 11.9 Å². The van der Waals surface area contributed by atoms with E-state index in [0.29, 0.717) is 19.3 Å². The molecule has 0 N–H and O–H groups in total. The Balaban J connectivity index is 1.78. The van der Waals surface area contributed by atoms with Crippen LogP contribution < -0.4 is 0 Å². The number of esters is 2. The molecule has 2 heterocycles. The van der Waals surface area contributed by atoms with Crippen molar-refractivity contribution in [3.05, 3.63) is 24.2 Å². The molecule has 6 atom stereocenters. The molecule has 2 aliphatic carbocycles. The number of carbonyl (C=O) groups excluding carboxylic acids is 3. The van der Waals surface area contributed by atoms with Crippen molar-refractivity contribution in [2.45, 2.75) is 72.0 Å². The molecular weight excluding hydrogens is 360 g/mol. The predicted octanol–water partition coefficient (Wildman–Crippen LogP) is 3.99. The van der Waals surface area contributed by atoms with Crippen LogP contribution in [0.1, 0.15) is 71.5 Å². The number of ketones is 1. The highest BCUT2D eigenvalue weighted by Gasteiger charge is 2.70. The van der Waals surface area contributed by atoms with Crippen molar-refractivity contribution < 1.29 is 28.3 Å². The first-order valence-corrected chi connectivity index (χ1v) is 10.1. The second-order valence-corrected chi connectivity index (χ2v) is 9.38. The molecule has 1 aromatic rings. The third kappa shape index (κ3) is 2.42. The second kappa shape index (κ2) is 6.19. The third-order valence-corrected chi connectivity index (χ3v) is 8.22. The van der Waals surface area contributed by atoms with Crippen molar-refractivity contribution in [2.75, 3.05) is 0 Å². The van der Waals surface area contributed by atoms with Crippen molar-refractivity contribution in [2.24, 2.45) is 22.2 Å². The van der Waals surface area contributed by atoms with Gasteiger partial charge in [-0.15, -0.1) is 0 Å². The van der Waals surface area contributed by atoms with Crippen LogP contribution in [0.5, 0.6) is 0 Å². The first kappa shape index (κ1) is 19.2. The lowest BCUT2D eigenvalue weighted by molar-refractivity contribution is -0.224. The highest BCUT2D eigenvalue weighted by Crippen LogP contribution is 2.70. The zero-order valence-corrected chi connectivity index (χ0v) is 16.9. The molecule has 0 radical (unpaired) electrons. The Morgan fingerprint density at radius 2 is 1.89 bits per heavy atom. The summed E-state index contributed by atoms with van der Waals surface area (Å²) in [5.41, 5.74) is -0.816. The van der Waals surface area contributed by atoms with Crippen molar-refractivity contribution in [3.8, 4) is 0 Å². The molecule has 0 unspecified atom stereocenters. The van der Waals surface area contributed by atoms with E-state index in [2.05, 4.69) is 13.8 Å². The highest BCUT2D eigenvalue weighted by atomic mass is 16.6. The van der Waals surface area contributed by atoms with Crippen LogP contribution >= 0.6 is 0 Å². The van der Waals surface area contributed by atoms with E-state index in [1.165, 1.54) is 6.92 Å². The van der Waals surface area contributed by atoms with Gasteiger partial charge < -0.3 is 13.9 Å². The maximum atomic E-state index is 13.7. The van der Waals surface area contributed by atoms with E-state index < -0.39 is 29.0 Å². The van der Waals surface area contributed by atoms with Crippen LogP contribution in [0, 0.1) is 22.2 Å². The summed E-state index contributed by atoms with van der Waals surface area (Å²) in [4.78, 5) is 38.3. The number of cyclic esters (lactones) is 1. The molecule has 28 heavy (non-hydrogen) atoms. The minimum absolute atomic E-state index is 0.0516. The van der Waals surface area contributed by atoms with Gasteiger partial charge in [-0.05, 0) is 49.0 Å². The Hall–Kier alpha value is -2.11. The Morgan fingerprint density at radius 1 is 1.18 bits per heavy atom. The number of hydrogen-bond acceptors (Lipinski definition) is 6. The van der Waals surface area contributed by atoms with Gasteiger partial charge in [-0.2, -0.15) is 0 Å². The van der Waals surface area contributed by atoms with Gasteiger partial charge in [0, 0.05) is 17.9 Å². The summed E-state index contributed by atoms with van der Waals surface area (Å²) < 4.78 is 16.3. The average molecular weight is 388 g/mol. The molecule has 152 valence electrons. The average Bonchev–Trinajstić information content (AvgIpc) is 3.15. The fraction of sp³-hybridized carbons (Fsp3) is 0.682. The van der Waals surface area contributed by atoms with E-state index in [1.807, 2.05) is 6.92 Å².